The molecule has 9 nitrogen and oxygen atoms in total. The Kier molecular flexibility index (Phi) is 5.39. The van der Waals surface area contributed by atoms with Crippen LogP contribution in [0.15, 0.2) is 29.1 Å². The second-order valence-electron chi connectivity index (χ2n) is 7.64. The van der Waals surface area contributed by atoms with Gasteiger partial charge in [0.15, 0.2) is 5.82 Å². The number of nitrogens with zero attached hydrogens (tertiary/aromatic N) is 4. The van der Waals surface area contributed by atoms with Gasteiger partial charge in [-0.1, -0.05) is 32.0 Å². The maximum Gasteiger partial charge on any atom is 0.274 e. The molecule has 1 aliphatic heterocycles. The zero-order valence-electron chi connectivity index (χ0n) is 16.5. The number of ether oxygens (including phenoxy) is 1. The number of H-pyrrole nitrogens is 1. The Bertz CT molecular complexity index is 1080. The number of anilines is 1. The van der Waals surface area contributed by atoms with Gasteiger partial charge in [-0.2, -0.15) is 10.1 Å². The molecule has 0 spiro atoms. The summed E-state index contributed by atoms with van der Waals surface area (Å²) >= 11 is 0. The van der Waals surface area contributed by atoms with Crippen molar-refractivity contribution in [1.29, 1.82) is 0 Å². The molecule has 4 rings (SSSR count). The molecule has 3 heterocycles. The molecule has 3 aromatic rings. The van der Waals surface area contributed by atoms with Gasteiger partial charge in [-0.05, 0) is 24.8 Å². The standard InChI is InChI=1S/C20H24N6O3/c1-12(2)11-26-19(28)14-7-4-3-6-13(14)15(25-26)10-17(27)21-20-22-18(23-24-20)16-8-5-9-29-16/h3-4,6-7,12,16H,5,8-11H2,1-2H3,(H2,21,22,23,24,27). The number of hydrogen-bond acceptors (Lipinski definition) is 6. The lowest BCUT2D eigenvalue weighted by molar-refractivity contribution is -0.115. The van der Waals surface area contributed by atoms with Gasteiger partial charge in [-0.15, -0.1) is 5.10 Å². The third-order valence-corrected chi connectivity index (χ3v) is 4.80. The van der Waals surface area contributed by atoms with E-state index in [2.05, 4.69) is 25.6 Å². The first kappa shape index (κ1) is 19.3. The average Bonchev–Trinajstić information content (AvgIpc) is 3.37. The van der Waals surface area contributed by atoms with Crippen molar-refractivity contribution >= 4 is 22.6 Å². The molecule has 1 aliphatic rings. The van der Waals surface area contributed by atoms with Crippen LogP contribution in [0.2, 0.25) is 0 Å². The predicted octanol–water partition coefficient (Wildman–Crippen LogP) is 2.20. The Morgan fingerprint density at radius 2 is 2.14 bits per heavy atom. The summed E-state index contributed by atoms with van der Waals surface area (Å²) in [6.45, 7) is 5.23. The summed E-state index contributed by atoms with van der Waals surface area (Å²) in [6, 6.07) is 7.23. The number of hydrogen-bond donors (Lipinski definition) is 2. The second kappa shape index (κ2) is 8.12. The molecule has 0 saturated carbocycles. The average molecular weight is 396 g/mol. The maximum absolute atomic E-state index is 12.7. The van der Waals surface area contributed by atoms with Crippen LogP contribution in [0.3, 0.4) is 0 Å². The number of aromatic amines is 1. The van der Waals surface area contributed by atoms with Crippen LogP contribution in [0.25, 0.3) is 10.8 Å². The predicted molar refractivity (Wildman–Crippen MR) is 107 cm³/mol. The number of amides is 1. The molecule has 1 saturated heterocycles. The number of nitrogens with one attached hydrogen (secondary N) is 2. The van der Waals surface area contributed by atoms with Gasteiger partial charge >= 0.3 is 0 Å². The minimum atomic E-state index is -0.296. The third-order valence-electron chi connectivity index (χ3n) is 4.80. The highest BCUT2D eigenvalue weighted by Gasteiger charge is 2.22. The summed E-state index contributed by atoms with van der Waals surface area (Å²) in [4.78, 5) is 29.6. The van der Waals surface area contributed by atoms with Crippen molar-refractivity contribution in [3.63, 3.8) is 0 Å². The topological polar surface area (TPSA) is 115 Å². The first-order valence-corrected chi connectivity index (χ1v) is 9.83. The number of carbonyl (C=O) groups excluding carboxylic acids is 1. The van der Waals surface area contributed by atoms with E-state index in [0.717, 1.165) is 12.8 Å². The lowest BCUT2D eigenvalue weighted by Crippen LogP contribution is -2.28. The molecule has 1 unspecified atom stereocenters. The summed E-state index contributed by atoms with van der Waals surface area (Å²) in [5.74, 6) is 0.787. The van der Waals surface area contributed by atoms with Crippen LogP contribution < -0.4 is 10.9 Å². The summed E-state index contributed by atoms with van der Waals surface area (Å²) in [7, 11) is 0. The molecule has 2 aromatic heterocycles. The van der Waals surface area contributed by atoms with Gasteiger partial charge < -0.3 is 4.74 Å². The Labute approximate surface area is 167 Å². The van der Waals surface area contributed by atoms with Crippen molar-refractivity contribution in [3.8, 4) is 0 Å². The van der Waals surface area contributed by atoms with Gasteiger partial charge in [0.05, 0.1) is 17.5 Å². The van der Waals surface area contributed by atoms with Crippen LogP contribution in [0.1, 0.15) is 44.3 Å². The summed E-state index contributed by atoms with van der Waals surface area (Å²) in [5.41, 5.74) is 0.405. The van der Waals surface area contributed by atoms with Crippen LogP contribution in [-0.2, 0) is 22.5 Å². The highest BCUT2D eigenvalue weighted by atomic mass is 16.5. The van der Waals surface area contributed by atoms with Gasteiger partial charge in [0.1, 0.15) is 6.10 Å². The van der Waals surface area contributed by atoms with E-state index in [-0.39, 0.29) is 35.9 Å². The molecule has 1 aromatic carbocycles. The van der Waals surface area contributed by atoms with E-state index in [4.69, 9.17) is 4.74 Å². The fourth-order valence-corrected chi connectivity index (χ4v) is 3.49. The fraction of sp³-hybridized carbons (Fsp3) is 0.450. The molecular formula is C20H24N6O3. The lowest BCUT2D eigenvalue weighted by atomic mass is 10.1. The lowest BCUT2D eigenvalue weighted by Gasteiger charge is -2.12. The molecule has 1 amide bonds. The van der Waals surface area contributed by atoms with Crippen molar-refractivity contribution in [3.05, 3.63) is 46.1 Å². The first-order chi connectivity index (χ1) is 14.0. The van der Waals surface area contributed by atoms with Crippen LogP contribution in [-0.4, -0.2) is 37.5 Å². The number of rotatable bonds is 6. The normalized spacial score (nSPS) is 16.6. The Balaban J connectivity index is 1.56. The smallest absolute Gasteiger partial charge is 0.274 e. The maximum atomic E-state index is 12.7. The van der Waals surface area contributed by atoms with E-state index in [1.807, 2.05) is 32.0 Å². The highest BCUT2D eigenvalue weighted by Crippen LogP contribution is 2.26. The molecule has 29 heavy (non-hydrogen) atoms. The summed E-state index contributed by atoms with van der Waals surface area (Å²) < 4.78 is 7.01. The fourth-order valence-electron chi connectivity index (χ4n) is 3.49. The third kappa shape index (κ3) is 4.19. The SMILES string of the molecule is CC(C)Cn1nc(CC(=O)Nc2n[nH]c(C3CCCO3)n2)c2ccccc2c1=O. The number of carbonyl (C=O) groups is 1. The van der Waals surface area contributed by atoms with Crippen LogP contribution in [0, 0.1) is 5.92 Å². The van der Waals surface area contributed by atoms with Crippen molar-refractivity contribution in [2.75, 3.05) is 11.9 Å². The zero-order valence-corrected chi connectivity index (χ0v) is 16.5. The second-order valence-corrected chi connectivity index (χ2v) is 7.64. The zero-order chi connectivity index (χ0) is 20.4. The van der Waals surface area contributed by atoms with E-state index < -0.39 is 0 Å². The monoisotopic (exact) mass is 396 g/mol. The van der Waals surface area contributed by atoms with Crippen molar-refractivity contribution < 1.29 is 9.53 Å². The highest BCUT2D eigenvalue weighted by molar-refractivity contribution is 5.94. The minimum absolute atomic E-state index is 0.0166. The molecule has 1 atom stereocenters. The van der Waals surface area contributed by atoms with E-state index >= 15 is 0 Å². The van der Waals surface area contributed by atoms with E-state index in [0.29, 0.717) is 35.4 Å². The largest absolute Gasteiger partial charge is 0.370 e. The molecule has 2 N–H and O–H groups in total. The summed E-state index contributed by atoms with van der Waals surface area (Å²) in [6.07, 6.45) is 1.79. The number of aromatic nitrogens is 5. The Hall–Kier alpha value is -3.07. The Morgan fingerprint density at radius 3 is 2.86 bits per heavy atom. The molecule has 9 heteroatoms. The van der Waals surface area contributed by atoms with Gasteiger partial charge in [0.2, 0.25) is 11.9 Å². The van der Waals surface area contributed by atoms with Crippen molar-refractivity contribution in [1.82, 2.24) is 25.0 Å². The van der Waals surface area contributed by atoms with Crippen LogP contribution in [0.4, 0.5) is 5.95 Å². The van der Waals surface area contributed by atoms with E-state index in [1.165, 1.54) is 4.68 Å². The van der Waals surface area contributed by atoms with Crippen LogP contribution >= 0.6 is 0 Å². The molecule has 0 aliphatic carbocycles. The van der Waals surface area contributed by atoms with Gasteiger partial charge in [-0.3, -0.25) is 20.0 Å². The van der Waals surface area contributed by atoms with Gasteiger partial charge in [0.25, 0.3) is 5.56 Å². The van der Waals surface area contributed by atoms with E-state index in [1.54, 1.807) is 6.07 Å². The number of benzene rings is 1. The quantitative estimate of drug-likeness (QED) is 0.660. The number of fused-ring (bicyclic) bond motifs is 1. The van der Waals surface area contributed by atoms with Gasteiger partial charge in [0, 0.05) is 18.5 Å². The Morgan fingerprint density at radius 1 is 1.34 bits per heavy atom. The van der Waals surface area contributed by atoms with Gasteiger partial charge in [-0.25, -0.2) is 4.68 Å². The summed E-state index contributed by atoms with van der Waals surface area (Å²) in [5, 5.41) is 15.3. The molecule has 0 bridgehead atoms. The van der Waals surface area contributed by atoms with E-state index in [9.17, 15) is 9.59 Å². The molecular weight excluding hydrogens is 372 g/mol. The molecule has 152 valence electrons. The van der Waals surface area contributed by atoms with Crippen molar-refractivity contribution in [2.24, 2.45) is 5.92 Å². The molecule has 0 radical (unpaired) electrons. The minimum Gasteiger partial charge on any atom is -0.370 e. The van der Waals surface area contributed by atoms with Crippen LogP contribution in [0.5, 0.6) is 0 Å². The first-order valence-electron chi connectivity index (χ1n) is 9.83. The van der Waals surface area contributed by atoms with Crippen molar-refractivity contribution in [2.45, 2.75) is 45.8 Å². The molecule has 1 fully saturated rings.